The van der Waals surface area contributed by atoms with E-state index in [2.05, 4.69) is 15.6 Å². The van der Waals surface area contributed by atoms with Gasteiger partial charge in [-0.3, -0.25) is 9.78 Å². The second kappa shape index (κ2) is 4.49. The fourth-order valence-corrected chi connectivity index (χ4v) is 2.13. The third kappa shape index (κ3) is 1.93. The van der Waals surface area contributed by atoms with Crippen LogP contribution in [0.3, 0.4) is 0 Å². The van der Waals surface area contributed by atoms with Crippen molar-refractivity contribution in [1.82, 2.24) is 4.98 Å². The van der Waals surface area contributed by atoms with Crippen LogP contribution in [0.4, 0.5) is 11.4 Å². The third-order valence-corrected chi connectivity index (χ3v) is 3.09. The monoisotopic (exact) mass is 239 g/mol. The van der Waals surface area contributed by atoms with Gasteiger partial charge in [0, 0.05) is 12.7 Å². The topological polar surface area (TPSA) is 54.0 Å². The van der Waals surface area contributed by atoms with Gasteiger partial charge in [-0.1, -0.05) is 30.3 Å². The first-order valence-corrected chi connectivity index (χ1v) is 5.88. The number of hydrogen-bond donors (Lipinski definition) is 2. The number of rotatable bonds is 1. The SMILES string of the molecule is O=C1Nc2cnccc2NCC1c1ccccc1. The summed E-state index contributed by atoms with van der Waals surface area (Å²) in [6.07, 6.45) is 3.37. The van der Waals surface area contributed by atoms with Crippen molar-refractivity contribution in [2.75, 3.05) is 17.2 Å². The van der Waals surface area contributed by atoms with Crippen LogP contribution in [0, 0.1) is 0 Å². The maximum Gasteiger partial charge on any atom is 0.233 e. The molecule has 0 saturated carbocycles. The molecule has 90 valence electrons. The van der Waals surface area contributed by atoms with E-state index in [1.807, 2.05) is 36.4 Å². The van der Waals surface area contributed by atoms with Crippen LogP contribution in [-0.4, -0.2) is 17.4 Å². The highest BCUT2D eigenvalue weighted by Gasteiger charge is 2.24. The zero-order valence-electron chi connectivity index (χ0n) is 9.76. The molecule has 0 saturated heterocycles. The largest absolute Gasteiger partial charge is 0.382 e. The van der Waals surface area contributed by atoms with Crippen LogP contribution in [0.1, 0.15) is 11.5 Å². The van der Waals surface area contributed by atoms with Crippen molar-refractivity contribution in [2.24, 2.45) is 0 Å². The molecule has 0 fully saturated rings. The summed E-state index contributed by atoms with van der Waals surface area (Å²) < 4.78 is 0. The average Bonchev–Trinajstić information content (AvgIpc) is 2.58. The van der Waals surface area contributed by atoms with E-state index in [0.717, 1.165) is 16.9 Å². The first kappa shape index (κ1) is 10.8. The molecule has 2 N–H and O–H groups in total. The molecule has 0 radical (unpaired) electrons. The lowest BCUT2D eigenvalue weighted by molar-refractivity contribution is -0.117. The molecule has 1 unspecified atom stereocenters. The summed E-state index contributed by atoms with van der Waals surface area (Å²) in [5.74, 6) is -0.181. The Morgan fingerprint density at radius 3 is 2.78 bits per heavy atom. The van der Waals surface area contributed by atoms with Crippen LogP contribution < -0.4 is 10.6 Å². The Morgan fingerprint density at radius 2 is 1.94 bits per heavy atom. The highest BCUT2D eigenvalue weighted by molar-refractivity contribution is 6.00. The number of amides is 1. The molecule has 1 aromatic carbocycles. The molecular formula is C14H13N3O. The van der Waals surface area contributed by atoms with Crippen molar-refractivity contribution in [3.63, 3.8) is 0 Å². The van der Waals surface area contributed by atoms with E-state index in [-0.39, 0.29) is 11.8 Å². The minimum atomic E-state index is -0.182. The zero-order chi connectivity index (χ0) is 12.4. The number of anilines is 2. The van der Waals surface area contributed by atoms with E-state index in [1.165, 1.54) is 0 Å². The smallest absolute Gasteiger partial charge is 0.233 e. The van der Waals surface area contributed by atoms with Crippen LogP contribution in [0.2, 0.25) is 0 Å². The second-order valence-electron chi connectivity index (χ2n) is 4.25. The lowest BCUT2D eigenvalue weighted by Crippen LogP contribution is -2.23. The summed E-state index contributed by atoms with van der Waals surface area (Å²) in [7, 11) is 0. The Bertz CT molecular complexity index is 568. The molecule has 1 atom stereocenters. The van der Waals surface area contributed by atoms with E-state index in [0.29, 0.717) is 6.54 Å². The Balaban J connectivity index is 1.92. The second-order valence-corrected chi connectivity index (χ2v) is 4.25. The minimum Gasteiger partial charge on any atom is -0.382 e. The zero-order valence-corrected chi connectivity index (χ0v) is 9.76. The van der Waals surface area contributed by atoms with Gasteiger partial charge in [0.2, 0.25) is 5.91 Å². The highest BCUT2D eigenvalue weighted by atomic mass is 16.1. The van der Waals surface area contributed by atoms with Gasteiger partial charge in [0.05, 0.1) is 23.5 Å². The maximum absolute atomic E-state index is 12.2. The van der Waals surface area contributed by atoms with Crippen LogP contribution in [0.5, 0.6) is 0 Å². The Kier molecular flexibility index (Phi) is 2.68. The molecule has 3 rings (SSSR count). The molecule has 4 heteroatoms. The number of benzene rings is 1. The number of carbonyl (C=O) groups is 1. The molecule has 18 heavy (non-hydrogen) atoms. The Morgan fingerprint density at radius 1 is 1.11 bits per heavy atom. The first-order valence-electron chi connectivity index (χ1n) is 5.88. The van der Waals surface area contributed by atoms with Crippen molar-refractivity contribution in [3.05, 3.63) is 54.4 Å². The number of nitrogens with zero attached hydrogens (tertiary/aromatic N) is 1. The van der Waals surface area contributed by atoms with Crippen molar-refractivity contribution in [1.29, 1.82) is 0 Å². The molecule has 1 amide bonds. The molecule has 2 aromatic rings. The van der Waals surface area contributed by atoms with Gasteiger partial charge in [0.25, 0.3) is 0 Å². The standard InChI is InChI=1S/C14H13N3O/c18-14-11(10-4-2-1-3-5-10)8-16-12-6-7-15-9-13(12)17-14/h1-7,9,11,16H,8H2,(H,17,18). The molecule has 1 aliphatic heterocycles. The predicted molar refractivity (Wildman–Crippen MR) is 70.5 cm³/mol. The van der Waals surface area contributed by atoms with E-state index >= 15 is 0 Å². The summed E-state index contributed by atoms with van der Waals surface area (Å²) >= 11 is 0. The molecule has 0 aliphatic carbocycles. The Labute approximate surface area is 105 Å². The maximum atomic E-state index is 12.2. The van der Waals surface area contributed by atoms with Gasteiger partial charge in [0.15, 0.2) is 0 Å². The van der Waals surface area contributed by atoms with Crippen LogP contribution in [0.15, 0.2) is 48.8 Å². The number of fused-ring (bicyclic) bond motifs is 1. The van der Waals surface area contributed by atoms with E-state index in [1.54, 1.807) is 12.4 Å². The lowest BCUT2D eigenvalue weighted by atomic mass is 9.98. The lowest BCUT2D eigenvalue weighted by Gasteiger charge is -2.13. The van der Waals surface area contributed by atoms with Gasteiger partial charge >= 0.3 is 0 Å². The fraction of sp³-hybridized carbons (Fsp3) is 0.143. The Hall–Kier alpha value is -2.36. The van der Waals surface area contributed by atoms with Crippen molar-refractivity contribution < 1.29 is 4.79 Å². The summed E-state index contributed by atoms with van der Waals surface area (Å²) in [5, 5.41) is 6.19. The van der Waals surface area contributed by atoms with Crippen LogP contribution in [0.25, 0.3) is 0 Å². The quantitative estimate of drug-likeness (QED) is 0.802. The van der Waals surface area contributed by atoms with Gasteiger partial charge in [-0.05, 0) is 11.6 Å². The van der Waals surface area contributed by atoms with Gasteiger partial charge in [-0.15, -0.1) is 0 Å². The highest BCUT2D eigenvalue weighted by Crippen LogP contribution is 2.27. The van der Waals surface area contributed by atoms with Gasteiger partial charge in [-0.2, -0.15) is 0 Å². The number of pyridine rings is 1. The van der Waals surface area contributed by atoms with E-state index in [4.69, 9.17) is 0 Å². The average molecular weight is 239 g/mol. The predicted octanol–water partition coefficient (Wildman–Crippen LogP) is 2.23. The van der Waals surface area contributed by atoms with Crippen molar-refractivity contribution >= 4 is 17.3 Å². The van der Waals surface area contributed by atoms with Crippen LogP contribution in [-0.2, 0) is 4.79 Å². The summed E-state index contributed by atoms with van der Waals surface area (Å²) in [5.41, 5.74) is 2.67. The normalized spacial score (nSPS) is 18.2. The van der Waals surface area contributed by atoms with Gasteiger partial charge in [-0.25, -0.2) is 0 Å². The van der Waals surface area contributed by atoms with Gasteiger partial charge in [0.1, 0.15) is 0 Å². The molecule has 4 nitrogen and oxygen atoms in total. The fourth-order valence-electron chi connectivity index (χ4n) is 2.13. The van der Waals surface area contributed by atoms with E-state index in [9.17, 15) is 4.79 Å². The summed E-state index contributed by atoms with van der Waals surface area (Å²) in [6, 6.07) is 11.7. The number of hydrogen-bond acceptors (Lipinski definition) is 3. The molecule has 0 spiro atoms. The van der Waals surface area contributed by atoms with Crippen molar-refractivity contribution in [3.8, 4) is 0 Å². The van der Waals surface area contributed by atoms with Crippen molar-refractivity contribution in [2.45, 2.75) is 5.92 Å². The number of nitrogens with one attached hydrogen (secondary N) is 2. The molecule has 0 bridgehead atoms. The number of aromatic nitrogens is 1. The van der Waals surface area contributed by atoms with E-state index < -0.39 is 0 Å². The number of carbonyl (C=O) groups excluding carboxylic acids is 1. The van der Waals surface area contributed by atoms with Crippen LogP contribution >= 0.6 is 0 Å². The summed E-state index contributed by atoms with van der Waals surface area (Å²) in [6.45, 7) is 0.590. The third-order valence-electron chi connectivity index (χ3n) is 3.09. The molecule has 1 aromatic heterocycles. The minimum absolute atomic E-state index is 0.000417. The molecule has 2 heterocycles. The summed E-state index contributed by atoms with van der Waals surface area (Å²) in [4.78, 5) is 16.2. The first-order chi connectivity index (χ1) is 8.84. The molecular weight excluding hydrogens is 226 g/mol. The van der Waals surface area contributed by atoms with Gasteiger partial charge < -0.3 is 10.6 Å². The molecule has 1 aliphatic rings.